The molecule has 0 aliphatic heterocycles. The lowest BCUT2D eigenvalue weighted by Gasteiger charge is -2.45. The van der Waals surface area contributed by atoms with Crippen LogP contribution in [0.4, 0.5) is 0 Å². The van der Waals surface area contributed by atoms with Gasteiger partial charge >= 0.3 is 0 Å². The fourth-order valence-electron chi connectivity index (χ4n) is 5.44. The molecule has 4 nitrogen and oxygen atoms in total. The van der Waals surface area contributed by atoms with E-state index in [-0.39, 0.29) is 23.0 Å². The van der Waals surface area contributed by atoms with Crippen molar-refractivity contribution in [3.8, 4) is 0 Å². The first-order valence-corrected chi connectivity index (χ1v) is 11.3. The SMILES string of the molecule is Cc1ccc(S(=O)(=O)OCCC(C)[C@H]2CCC3[C@@H](O)CCC[C@@]32C)cc1. The van der Waals surface area contributed by atoms with Crippen molar-refractivity contribution < 1.29 is 17.7 Å². The highest BCUT2D eigenvalue weighted by Gasteiger charge is 2.52. The Labute approximate surface area is 158 Å². The predicted molar refractivity (Wildman–Crippen MR) is 102 cm³/mol. The van der Waals surface area contributed by atoms with Gasteiger partial charge in [0, 0.05) is 0 Å². The molecule has 2 aliphatic rings. The molecule has 0 amide bonds. The van der Waals surface area contributed by atoms with Gasteiger partial charge in [-0.1, -0.05) is 38.0 Å². The number of fused-ring (bicyclic) bond motifs is 1. The third kappa shape index (κ3) is 3.85. The molecule has 1 N–H and O–H groups in total. The van der Waals surface area contributed by atoms with Crippen molar-refractivity contribution in [2.24, 2.45) is 23.2 Å². The second-order valence-electron chi connectivity index (χ2n) is 8.61. The Morgan fingerprint density at radius 1 is 1.23 bits per heavy atom. The first kappa shape index (κ1) is 19.8. The van der Waals surface area contributed by atoms with Gasteiger partial charge in [-0.3, -0.25) is 4.18 Å². The van der Waals surface area contributed by atoms with Gasteiger partial charge in [-0.25, -0.2) is 0 Å². The average Bonchev–Trinajstić information content (AvgIpc) is 2.93. The van der Waals surface area contributed by atoms with Crippen LogP contribution in [0.2, 0.25) is 0 Å². The zero-order valence-corrected chi connectivity index (χ0v) is 17.0. The molecule has 0 radical (unpaired) electrons. The molecule has 1 aromatic rings. The number of benzene rings is 1. The van der Waals surface area contributed by atoms with Crippen LogP contribution in [-0.4, -0.2) is 26.2 Å². The Kier molecular flexibility index (Phi) is 5.80. The van der Waals surface area contributed by atoms with E-state index in [9.17, 15) is 13.5 Å². The van der Waals surface area contributed by atoms with E-state index >= 15 is 0 Å². The minimum atomic E-state index is -3.68. The molecule has 0 heterocycles. The van der Waals surface area contributed by atoms with Crippen molar-refractivity contribution in [2.45, 2.75) is 70.3 Å². The number of hydrogen-bond acceptors (Lipinski definition) is 4. The molecule has 2 saturated carbocycles. The highest BCUT2D eigenvalue weighted by Crippen LogP contribution is 2.58. The number of rotatable bonds is 6. The molecular weight excluding hydrogens is 348 g/mol. The van der Waals surface area contributed by atoms with Crippen LogP contribution in [0.1, 0.15) is 57.9 Å². The molecule has 3 rings (SSSR count). The maximum Gasteiger partial charge on any atom is 0.296 e. The summed E-state index contributed by atoms with van der Waals surface area (Å²) in [6, 6.07) is 6.76. The monoisotopic (exact) mass is 380 g/mol. The maximum absolute atomic E-state index is 12.3. The van der Waals surface area contributed by atoms with Crippen LogP contribution < -0.4 is 0 Å². The molecule has 0 spiro atoms. The molecule has 146 valence electrons. The molecule has 1 aromatic carbocycles. The molecule has 5 heteroatoms. The average molecular weight is 381 g/mol. The van der Waals surface area contributed by atoms with E-state index in [1.54, 1.807) is 24.3 Å². The highest BCUT2D eigenvalue weighted by atomic mass is 32.2. The lowest BCUT2D eigenvalue weighted by molar-refractivity contribution is -0.0284. The van der Waals surface area contributed by atoms with E-state index in [2.05, 4.69) is 13.8 Å². The fraction of sp³-hybridized carbons (Fsp3) is 0.714. The summed E-state index contributed by atoms with van der Waals surface area (Å²) in [6.07, 6.45) is 5.98. The molecule has 5 atom stereocenters. The van der Waals surface area contributed by atoms with Gasteiger partial charge < -0.3 is 5.11 Å². The van der Waals surface area contributed by atoms with E-state index in [1.807, 2.05) is 6.92 Å². The van der Waals surface area contributed by atoms with Gasteiger partial charge in [0.2, 0.25) is 0 Å². The van der Waals surface area contributed by atoms with Crippen molar-refractivity contribution in [1.82, 2.24) is 0 Å². The van der Waals surface area contributed by atoms with E-state index in [4.69, 9.17) is 4.18 Å². The summed E-state index contributed by atoms with van der Waals surface area (Å²) in [7, 11) is -3.68. The minimum Gasteiger partial charge on any atom is -0.393 e. The van der Waals surface area contributed by atoms with Crippen molar-refractivity contribution in [3.05, 3.63) is 29.8 Å². The Morgan fingerprint density at radius 2 is 1.92 bits per heavy atom. The van der Waals surface area contributed by atoms with Crippen LogP contribution in [-0.2, 0) is 14.3 Å². The summed E-state index contributed by atoms with van der Waals surface area (Å²) in [5, 5.41) is 10.4. The number of aliphatic hydroxyl groups excluding tert-OH is 1. The van der Waals surface area contributed by atoms with E-state index in [1.165, 1.54) is 6.42 Å². The van der Waals surface area contributed by atoms with Crippen LogP contribution >= 0.6 is 0 Å². The Hall–Kier alpha value is -0.910. The molecule has 2 aliphatic carbocycles. The first-order chi connectivity index (χ1) is 12.2. The van der Waals surface area contributed by atoms with Crippen LogP contribution in [0.15, 0.2) is 29.2 Å². The van der Waals surface area contributed by atoms with Gasteiger partial charge in [0.05, 0.1) is 17.6 Å². The third-order valence-corrected chi connectivity index (χ3v) is 8.30. The Balaban J connectivity index is 1.57. The van der Waals surface area contributed by atoms with E-state index in [0.29, 0.717) is 17.8 Å². The zero-order valence-electron chi connectivity index (χ0n) is 16.1. The summed E-state index contributed by atoms with van der Waals surface area (Å²) in [4.78, 5) is 0.221. The second kappa shape index (κ2) is 7.61. The van der Waals surface area contributed by atoms with E-state index in [0.717, 1.165) is 37.7 Å². The van der Waals surface area contributed by atoms with Gasteiger partial charge in [-0.2, -0.15) is 8.42 Å². The summed E-state index contributed by atoms with van der Waals surface area (Å²) >= 11 is 0. The van der Waals surface area contributed by atoms with Gasteiger partial charge in [0.1, 0.15) is 0 Å². The molecule has 2 fully saturated rings. The van der Waals surface area contributed by atoms with Gasteiger partial charge in [0.25, 0.3) is 10.1 Å². The number of aryl methyl sites for hydroxylation is 1. The molecular formula is C21H32O4S. The summed E-state index contributed by atoms with van der Waals surface area (Å²) < 4.78 is 29.9. The summed E-state index contributed by atoms with van der Waals surface area (Å²) in [5.74, 6) is 1.33. The summed E-state index contributed by atoms with van der Waals surface area (Å²) in [6.45, 7) is 6.69. The fourth-order valence-corrected chi connectivity index (χ4v) is 6.36. The maximum atomic E-state index is 12.3. The number of aliphatic hydroxyl groups is 1. The molecule has 0 bridgehead atoms. The normalized spacial score (nSPS) is 33.0. The smallest absolute Gasteiger partial charge is 0.296 e. The minimum absolute atomic E-state index is 0.163. The predicted octanol–water partition coefficient (Wildman–Crippen LogP) is 4.30. The lowest BCUT2D eigenvalue weighted by Crippen LogP contribution is -2.41. The molecule has 26 heavy (non-hydrogen) atoms. The van der Waals surface area contributed by atoms with Gasteiger partial charge in [-0.05, 0) is 74.3 Å². The lowest BCUT2D eigenvalue weighted by atomic mass is 9.61. The molecule has 2 unspecified atom stereocenters. The van der Waals surface area contributed by atoms with Crippen molar-refractivity contribution in [1.29, 1.82) is 0 Å². The summed E-state index contributed by atoms with van der Waals surface area (Å²) in [5.41, 5.74) is 1.21. The van der Waals surface area contributed by atoms with Crippen molar-refractivity contribution in [3.63, 3.8) is 0 Å². The number of hydrogen-bond donors (Lipinski definition) is 1. The standard InChI is InChI=1S/C21H32O4S/c1-15-6-8-17(9-7-15)26(23,24)25-14-12-16(2)18-10-11-19-20(22)5-4-13-21(18,19)3/h6-9,16,18-20,22H,4-5,10-14H2,1-3H3/t16?,18-,19?,20+,21-/m1/s1. The van der Waals surface area contributed by atoms with Crippen LogP contribution in [0.5, 0.6) is 0 Å². The van der Waals surface area contributed by atoms with Crippen molar-refractivity contribution >= 4 is 10.1 Å². The largest absolute Gasteiger partial charge is 0.393 e. The van der Waals surface area contributed by atoms with Gasteiger partial charge in [-0.15, -0.1) is 0 Å². The zero-order chi connectivity index (χ0) is 18.9. The third-order valence-electron chi connectivity index (χ3n) is 6.97. The highest BCUT2D eigenvalue weighted by molar-refractivity contribution is 7.86. The quantitative estimate of drug-likeness (QED) is 0.747. The Bertz CT molecular complexity index is 712. The van der Waals surface area contributed by atoms with Crippen LogP contribution in [0.3, 0.4) is 0 Å². The topological polar surface area (TPSA) is 63.6 Å². The van der Waals surface area contributed by atoms with Gasteiger partial charge in [0.15, 0.2) is 0 Å². The van der Waals surface area contributed by atoms with Crippen LogP contribution in [0.25, 0.3) is 0 Å². The van der Waals surface area contributed by atoms with E-state index < -0.39 is 10.1 Å². The Morgan fingerprint density at radius 3 is 2.62 bits per heavy atom. The second-order valence-corrected chi connectivity index (χ2v) is 10.2. The molecule has 0 aromatic heterocycles. The van der Waals surface area contributed by atoms with Crippen molar-refractivity contribution in [2.75, 3.05) is 6.61 Å². The molecule has 0 saturated heterocycles. The first-order valence-electron chi connectivity index (χ1n) is 9.88. The van der Waals surface area contributed by atoms with Crippen LogP contribution in [0, 0.1) is 30.1 Å².